The highest BCUT2D eigenvalue weighted by Crippen LogP contribution is 2.58. The van der Waals surface area contributed by atoms with Crippen LogP contribution in [0.25, 0.3) is 0 Å². The summed E-state index contributed by atoms with van der Waals surface area (Å²) in [6.45, 7) is 4.55. The number of unbranched alkanes of at least 4 members (excludes halogenated alkanes) is 2. The van der Waals surface area contributed by atoms with Crippen molar-refractivity contribution in [1.82, 2.24) is 4.90 Å². The maximum absolute atomic E-state index is 13.8. The van der Waals surface area contributed by atoms with Gasteiger partial charge in [-0.3, -0.25) is 9.46 Å². The number of methoxy groups -OCH3 is 1. The molecular formula is C22H34NO7P. The van der Waals surface area contributed by atoms with Gasteiger partial charge in [0.05, 0.1) is 20.3 Å². The number of ether oxygens (including phenoxy) is 2. The number of nitrogens with zero attached hydrogens (tertiary/aromatic N) is 1. The molecule has 1 saturated heterocycles. The smallest absolute Gasteiger partial charge is 0.411 e. The highest BCUT2D eigenvalue weighted by atomic mass is 31.2. The monoisotopic (exact) mass is 455 g/mol. The van der Waals surface area contributed by atoms with Crippen molar-refractivity contribution in [3.05, 3.63) is 35.9 Å². The molecule has 31 heavy (non-hydrogen) atoms. The third kappa shape index (κ3) is 7.06. The highest BCUT2D eigenvalue weighted by molar-refractivity contribution is 7.54. The summed E-state index contributed by atoms with van der Waals surface area (Å²) in [5, 5.41) is 0. The number of rotatable bonds is 12. The molecule has 1 aliphatic rings. The third-order valence-corrected chi connectivity index (χ3v) is 7.47. The van der Waals surface area contributed by atoms with Crippen LogP contribution >= 0.6 is 7.60 Å². The Morgan fingerprint density at radius 1 is 1.03 bits per heavy atom. The molecule has 1 heterocycles. The molecular weight excluding hydrogens is 421 g/mol. The average molecular weight is 455 g/mol. The van der Waals surface area contributed by atoms with E-state index in [0.717, 1.165) is 18.4 Å². The quantitative estimate of drug-likeness (QED) is 0.246. The van der Waals surface area contributed by atoms with E-state index >= 15 is 0 Å². The van der Waals surface area contributed by atoms with Crippen LogP contribution in [0.2, 0.25) is 0 Å². The van der Waals surface area contributed by atoms with E-state index in [2.05, 4.69) is 0 Å². The van der Waals surface area contributed by atoms with Crippen LogP contribution in [0.15, 0.2) is 30.3 Å². The number of carbonyl (C=O) groups is 2. The van der Waals surface area contributed by atoms with Crippen molar-refractivity contribution in [2.75, 3.05) is 20.3 Å². The van der Waals surface area contributed by atoms with Crippen LogP contribution < -0.4 is 0 Å². The number of amides is 1. The van der Waals surface area contributed by atoms with Crippen molar-refractivity contribution in [2.24, 2.45) is 0 Å². The van der Waals surface area contributed by atoms with E-state index in [-0.39, 0.29) is 19.8 Å². The lowest BCUT2D eigenvalue weighted by molar-refractivity contribution is -0.145. The van der Waals surface area contributed by atoms with Gasteiger partial charge >= 0.3 is 19.7 Å². The molecule has 9 heteroatoms. The fourth-order valence-corrected chi connectivity index (χ4v) is 5.61. The summed E-state index contributed by atoms with van der Waals surface area (Å²) in [5.41, 5.74) is 0.808. The zero-order valence-electron chi connectivity index (χ0n) is 18.7. The van der Waals surface area contributed by atoms with Crippen LogP contribution in [0.1, 0.15) is 57.9 Å². The molecule has 1 fully saturated rings. The van der Waals surface area contributed by atoms with Gasteiger partial charge in [0.25, 0.3) is 0 Å². The van der Waals surface area contributed by atoms with Gasteiger partial charge in [0, 0.05) is 0 Å². The number of hydrogen-bond donors (Lipinski definition) is 0. The molecule has 0 aromatic heterocycles. The second-order valence-corrected chi connectivity index (χ2v) is 9.65. The van der Waals surface area contributed by atoms with E-state index in [1.54, 1.807) is 0 Å². The first-order valence-electron chi connectivity index (χ1n) is 10.9. The Hall–Kier alpha value is -1.89. The number of hydrogen-bond acceptors (Lipinski definition) is 7. The predicted octanol–water partition coefficient (Wildman–Crippen LogP) is 5.11. The first kappa shape index (κ1) is 25.4. The van der Waals surface area contributed by atoms with Crippen molar-refractivity contribution >= 4 is 19.7 Å². The molecule has 8 nitrogen and oxygen atoms in total. The first-order chi connectivity index (χ1) is 15.0. The average Bonchev–Trinajstić information content (AvgIpc) is 3.24. The SMILES string of the molecule is CCCCOP(=O)(OCCCC)[C@H]1CC[C@@H](C(=O)OC)N1C(=O)OCc1ccccc1. The van der Waals surface area contributed by atoms with E-state index < -0.39 is 31.5 Å². The summed E-state index contributed by atoms with van der Waals surface area (Å²) in [6, 6.07) is 8.33. The molecule has 1 amide bonds. The summed E-state index contributed by atoms with van der Waals surface area (Å²) in [7, 11) is -2.44. The molecule has 0 spiro atoms. The van der Waals surface area contributed by atoms with Gasteiger partial charge in [-0.2, -0.15) is 0 Å². The minimum atomic E-state index is -3.70. The Morgan fingerprint density at radius 2 is 1.65 bits per heavy atom. The maximum atomic E-state index is 13.8. The van der Waals surface area contributed by atoms with Gasteiger partial charge in [0.1, 0.15) is 18.4 Å². The lowest BCUT2D eigenvalue weighted by Gasteiger charge is -2.32. The summed E-state index contributed by atoms with van der Waals surface area (Å²) in [5.74, 6) is -1.47. The fraction of sp³-hybridized carbons (Fsp3) is 0.636. The second kappa shape index (κ2) is 12.8. The number of likely N-dealkylation sites (tertiary alicyclic amines) is 1. The van der Waals surface area contributed by atoms with E-state index in [1.807, 2.05) is 44.2 Å². The molecule has 1 aliphatic heterocycles. The largest absolute Gasteiger partial charge is 0.467 e. The Bertz CT molecular complexity index is 729. The summed E-state index contributed by atoms with van der Waals surface area (Å²) < 4.78 is 35.6. The Morgan fingerprint density at radius 3 is 2.19 bits per heavy atom. The number of benzene rings is 1. The van der Waals surface area contributed by atoms with Gasteiger partial charge < -0.3 is 18.5 Å². The molecule has 0 saturated carbocycles. The minimum absolute atomic E-state index is 0.0362. The Labute approximate surface area is 184 Å². The lowest BCUT2D eigenvalue weighted by atomic mass is 10.2. The van der Waals surface area contributed by atoms with E-state index in [4.69, 9.17) is 18.5 Å². The van der Waals surface area contributed by atoms with Gasteiger partial charge in [-0.1, -0.05) is 57.0 Å². The van der Waals surface area contributed by atoms with Crippen LogP contribution in [-0.4, -0.2) is 49.1 Å². The minimum Gasteiger partial charge on any atom is -0.467 e. The standard InChI is InChI=1S/C22H34NO7P/c1-4-6-15-29-31(26,30-16-7-5-2)20-14-13-19(21(24)27-3)23(20)22(25)28-17-18-11-9-8-10-12-18/h8-12,19-20H,4-7,13-17H2,1-3H3/t19-,20-/m0/s1. The van der Waals surface area contributed by atoms with Crippen molar-refractivity contribution in [3.63, 3.8) is 0 Å². The van der Waals surface area contributed by atoms with Crippen LogP contribution in [0.5, 0.6) is 0 Å². The zero-order chi connectivity index (χ0) is 22.7. The summed E-state index contributed by atoms with van der Waals surface area (Å²) >= 11 is 0. The highest BCUT2D eigenvalue weighted by Gasteiger charge is 2.52. The van der Waals surface area contributed by atoms with Crippen molar-refractivity contribution in [2.45, 2.75) is 70.8 Å². The van der Waals surface area contributed by atoms with E-state index in [1.165, 1.54) is 12.0 Å². The molecule has 0 bridgehead atoms. The Balaban J connectivity index is 2.23. The molecule has 174 valence electrons. The molecule has 0 N–H and O–H groups in total. The maximum Gasteiger partial charge on any atom is 0.411 e. The van der Waals surface area contributed by atoms with Crippen LogP contribution in [-0.2, 0) is 34.5 Å². The van der Waals surface area contributed by atoms with E-state index in [9.17, 15) is 14.2 Å². The molecule has 1 aromatic carbocycles. The van der Waals surface area contributed by atoms with Gasteiger partial charge in [0.2, 0.25) is 0 Å². The van der Waals surface area contributed by atoms with Crippen molar-refractivity contribution in [1.29, 1.82) is 0 Å². The molecule has 0 aliphatic carbocycles. The van der Waals surface area contributed by atoms with Gasteiger partial charge in [-0.25, -0.2) is 9.59 Å². The lowest BCUT2D eigenvalue weighted by Crippen LogP contribution is -2.46. The van der Waals surface area contributed by atoms with Crippen LogP contribution in [0.4, 0.5) is 4.79 Å². The predicted molar refractivity (Wildman–Crippen MR) is 117 cm³/mol. The van der Waals surface area contributed by atoms with Gasteiger partial charge in [-0.15, -0.1) is 0 Å². The van der Waals surface area contributed by atoms with Crippen molar-refractivity contribution in [3.8, 4) is 0 Å². The van der Waals surface area contributed by atoms with E-state index in [0.29, 0.717) is 25.7 Å². The van der Waals surface area contributed by atoms with Crippen LogP contribution in [0, 0.1) is 0 Å². The van der Waals surface area contributed by atoms with Crippen molar-refractivity contribution < 1.29 is 32.7 Å². The molecule has 1 aromatic rings. The summed E-state index contributed by atoms with van der Waals surface area (Å²) in [4.78, 5) is 26.6. The normalized spacial score (nSPS) is 18.7. The topological polar surface area (TPSA) is 91.4 Å². The Kier molecular flexibility index (Phi) is 10.5. The summed E-state index contributed by atoms with van der Waals surface area (Å²) in [6.07, 6.45) is 3.03. The zero-order valence-corrected chi connectivity index (χ0v) is 19.6. The first-order valence-corrected chi connectivity index (χ1v) is 12.5. The molecule has 0 unspecified atom stereocenters. The number of carbonyl (C=O) groups excluding carboxylic acids is 2. The third-order valence-electron chi connectivity index (χ3n) is 5.15. The molecule has 0 radical (unpaired) electrons. The molecule has 2 rings (SSSR count). The molecule has 2 atom stereocenters. The van der Waals surface area contributed by atoms with Crippen LogP contribution in [0.3, 0.4) is 0 Å². The van der Waals surface area contributed by atoms with Gasteiger partial charge in [0.15, 0.2) is 0 Å². The van der Waals surface area contributed by atoms with Gasteiger partial charge in [-0.05, 0) is 31.2 Å². The second-order valence-electron chi connectivity index (χ2n) is 7.46. The number of esters is 1. The fourth-order valence-electron chi connectivity index (χ4n) is 3.40.